The fourth-order valence-corrected chi connectivity index (χ4v) is 6.90. The summed E-state index contributed by atoms with van der Waals surface area (Å²) in [6, 6.07) is 21.4. The van der Waals surface area contributed by atoms with Gasteiger partial charge in [-0.15, -0.1) is 0 Å². The largest absolute Gasteiger partial charge is 0.508 e. The number of phenols is 2. The second-order valence-corrected chi connectivity index (χ2v) is 15.1. The van der Waals surface area contributed by atoms with Gasteiger partial charge in [0.1, 0.15) is 11.5 Å². The van der Waals surface area contributed by atoms with E-state index >= 15 is 0 Å². The van der Waals surface area contributed by atoms with Crippen molar-refractivity contribution >= 4 is 82.4 Å². The molecule has 17 heteroatoms. The molecule has 0 aliphatic heterocycles. The van der Waals surface area contributed by atoms with Gasteiger partial charge in [-0.3, -0.25) is 29.3 Å². The zero-order valence-electron chi connectivity index (χ0n) is 28.2. The number of imide groups is 2. The first kappa shape index (κ1) is 37.2. The quantitative estimate of drug-likeness (QED) is 0.0795. The molecule has 6 rings (SSSR count). The molecule has 0 saturated heterocycles. The average molecular weight is 771 g/mol. The Labute approximate surface area is 307 Å². The summed E-state index contributed by atoms with van der Waals surface area (Å²) in [5, 5.41) is 32.7. The lowest BCUT2D eigenvalue weighted by Gasteiger charge is -2.14. The minimum Gasteiger partial charge on any atom is -0.508 e. The highest BCUT2D eigenvalue weighted by molar-refractivity contribution is 7.86. The van der Waals surface area contributed by atoms with E-state index in [2.05, 4.69) is 21.3 Å². The molecule has 15 nitrogen and oxygen atoms in total. The molecule has 8 N–H and O–H groups in total. The van der Waals surface area contributed by atoms with Crippen molar-refractivity contribution in [2.45, 2.75) is 23.6 Å². The molecule has 0 radical (unpaired) electrons. The number of fused-ring (bicyclic) bond motifs is 2. The molecule has 6 aromatic carbocycles. The molecule has 0 unspecified atom stereocenters. The summed E-state index contributed by atoms with van der Waals surface area (Å²) in [4.78, 5) is 38.0. The number of aryl methyl sites for hydroxylation is 2. The summed E-state index contributed by atoms with van der Waals surface area (Å²) in [5.41, 5.74) is 2.95. The molecule has 4 amide bonds. The number of anilines is 4. The van der Waals surface area contributed by atoms with E-state index in [9.17, 15) is 50.5 Å². The van der Waals surface area contributed by atoms with Gasteiger partial charge in [0, 0.05) is 45.4 Å². The third-order valence-electron chi connectivity index (χ3n) is 8.37. The van der Waals surface area contributed by atoms with E-state index in [-0.39, 0.29) is 32.4 Å². The lowest BCUT2D eigenvalue weighted by atomic mass is 10.1. The van der Waals surface area contributed by atoms with E-state index in [1.807, 2.05) is 0 Å². The average Bonchev–Trinajstić information content (AvgIpc) is 3.06. The van der Waals surface area contributed by atoms with Crippen LogP contribution < -0.4 is 21.3 Å². The minimum atomic E-state index is -4.46. The molecule has 0 fully saturated rings. The Morgan fingerprint density at radius 3 is 1.26 bits per heavy atom. The molecule has 6 aromatic rings. The number of rotatable bonds is 8. The number of benzene rings is 6. The highest BCUT2D eigenvalue weighted by Crippen LogP contribution is 2.34. The summed E-state index contributed by atoms with van der Waals surface area (Å²) in [6.45, 7) is 3.24. The molecule has 54 heavy (non-hydrogen) atoms. The van der Waals surface area contributed by atoms with Crippen LogP contribution >= 0.6 is 0 Å². The predicted molar refractivity (Wildman–Crippen MR) is 200 cm³/mol. The van der Waals surface area contributed by atoms with Gasteiger partial charge in [0.15, 0.2) is 0 Å². The van der Waals surface area contributed by atoms with Crippen molar-refractivity contribution in [1.29, 1.82) is 0 Å². The van der Waals surface area contributed by atoms with Crippen LogP contribution in [0.5, 0.6) is 11.5 Å². The molecule has 0 bridgehead atoms. The number of urea groups is 1. The predicted octanol–water partition coefficient (Wildman–Crippen LogP) is 6.28. The monoisotopic (exact) mass is 770 g/mol. The molecule has 0 atom stereocenters. The van der Waals surface area contributed by atoms with Gasteiger partial charge in [0.25, 0.3) is 32.1 Å². The van der Waals surface area contributed by atoms with Crippen LogP contribution in [0, 0.1) is 13.8 Å². The number of hydrogen-bond donors (Lipinski definition) is 8. The molecule has 0 heterocycles. The van der Waals surface area contributed by atoms with Gasteiger partial charge in [-0.2, -0.15) is 16.8 Å². The first-order valence-corrected chi connectivity index (χ1v) is 18.6. The normalized spacial score (nSPS) is 11.6. The highest BCUT2D eigenvalue weighted by Gasteiger charge is 2.19. The molecule has 0 spiro atoms. The van der Waals surface area contributed by atoms with Crippen molar-refractivity contribution in [3.05, 3.63) is 119 Å². The molecule has 0 aliphatic carbocycles. The molecular weight excluding hydrogens is 741 g/mol. The van der Waals surface area contributed by atoms with E-state index in [4.69, 9.17) is 0 Å². The Bertz CT molecular complexity index is 2600. The zero-order valence-corrected chi connectivity index (χ0v) is 29.8. The highest BCUT2D eigenvalue weighted by atomic mass is 32.2. The second-order valence-electron chi connectivity index (χ2n) is 12.2. The van der Waals surface area contributed by atoms with Gasteiger partial charge in [-0.25, -0.2) is 4.79 Å². The van der Waals surface area contributed by atoms with Crippen LogP contribution in [0.2, 0.25) is 0 Å². The van der Waals surface area contributed by atoms with Crippen LogP contribution in [-0.2, 0) is 20.2 Å². The summed E-state index contributed by atoms with van der Waals surface area (Å²) >= 11 is 0. The summed E-state index contributed by atoms with van der Waals surface area (Å²) < 4.78 is 65.0. The maximum absolute atomic E-state index is 13.0. The van der Waals surface area contributed by atoms with Gasteiger partial charge < -0.3 is 20.8 Å². The molecule has 276 valence electrons. The van der Waals surface area contributed by atoms with E-state index in [0.717, 1.165) is 0 Å². The standard InChI is InChI=1S/C37H30N4O11S2/c1-19-11-23(38-33-17-25(42)13-21-15-27(53(47,48)49)5-9-31(21)33)3-7-29(19)35(44)40-37(46)41-36(45)30-8-4-24(12-20(30)2)39-34-18-26(43)14-22-16-28(54(50,51)52)6-10-32(22)34/h3-18,38-39,42-43H,1-2H3,(H,47,48,49)(H,50,51,52)(H2,40,41,44,45,46). The summed E-state index contributed by atoms with van der Waals surface area (Å²) in [5.74, 6) is -1.92. The van der Waals surface area contributed by atoms with Crippen LogP contribution in [0.15, 0.2) is 107 Å². The van der Waals surface area contributed by atoms with Crippen LogP contribution in [0.25, 0.3) is 21.5 Å². The Kier molecular flexibility index (Phi) is 9.74. The van der Waals surface area contributed by atoms with E-state index < -0.39 is 38.1 Å². The van der Waals surface area contributed by atoms with Gasteiger partial charge in [-0.1, -0.05) is 12.1 Å². The summed E-state index contributed by atoms with van der Waals surface area (Å²) in [7, 11) is -8.93. The maximum atomic E-state index is 13.0. The minimum absolute atomic E-state index is 0.127. The molecule has 0 saturated carbocycles. The second kappa shape index (κ2) is 14.1. The van der Waals surface area contributed by atoms with Crippen LogP contribution in [0.3, 0.4) is 0 Å². The number of carbonyl (C=O) groups is 3. The van der Waals surface area contributed by atoms with Gasteiger partial charge in [0.05, 0.1) is 21.2 Å². The molecule has 0 aromatic heterocycles. The lowest BCUT2D eigenvalue weighted by molar-refractivity contribution is 0.0944. The first-order chi connectivity index (χ1) is 25.3. The number of aromatic hydroxyl groups is 2. The number of nitrogens with one attached hydrogen (secondary N) is 4. The Balaban J connectivity index is 1.11. The number of amides is 4. The van der Waals surface area contributed by atoms with Crippen molar-refractivity contribution in [1.82, 2.24) is 10.6 Å². The molecular formula is C37H30N4O11S2. The topological polar surface area (TPSA) is 249 Å². The SMILES string of the molecule is Cc1cc(Nc2cc(O)cc3cc(S(=O)(=O)O)ccc23)ccc1C(=O)NC(=O)NC(=O)c1ccc(Nc2cc(O)cc3cc(S(=O)(=O)O)ccc23)cc1C. The van der Waals surface area contributed by atoms with Crippen molar-refractivity contribution in [2.75, 3.05) is 10.6 Å². The van der Waals surface area contributed by atoms with E-state index in [1.54, 1.807) is 38.1 Å². The number of carbonyl (C=O) groups excluding carboxylic acids is 3. The van der Waals surface area contributed by atoms with E-state index in [0.29, 0.717) is 55.4 Å². The third kappa shape index (κ3) is 8.08. The zero-order chi connectivity index (χ0) is 39.1. The van der Waals surface area contributed by atoms with Crippen molar-refractivity contribution in [2.24, 2.45) is 0 Å². The van der Waals surface area contributed by atoms with E-state index in [1.165, 1.54) is 72.8 Å². The van der Waals surface area contributed by atoms with Crippen LogP contribution in [0.4, 0.5) is 27.5 Å². The fourth-order valence-electron chi connectivity index (χ4n) is 5.87. The first-order valence-electron chi connectivity index (χ1n) is 15.8. The lowest BCUT2D eigenvalue weighted by Crippen LogP contribution is -2.42. The number of phenolic OH excluding ortho intramolecular Hbond substituents is 2. The fraction of sp³-hybridized carbons (Fsp3) is 0.0541. The molecule has 0 aliphatic rings. The Morgan fingerprint density at radius 1 is 0.519 bits per heavy atom. The summed E-state index contributed by atoms with van der Waals surface area (Å²) in [6.07, 6.45) is 0. The number of hydrogen-bond acceptors (Lipinski definition) is 11. The van der Waals surface area contributed by atoms with Gasteiger partial charge in [0.2, 0.25) is 0 Å². The Morgan fingerprint density at radius 2 is 0.907 bits per heavy atom. The van der Waals surface area contributed by atoms with Gasteiger partial charge >= 0.3 is 6.03 Å². The van der Waals surface area contributed by atoms with Crippen molar-refractivity contribution in [3.63, 3.8) is 0 Å². The third-order valence-corrected chi connectivity index (χ3v) is 10.1. The Hall–Kier alpha value is -6.53. The van der Waals surface area contributed by atoms with Crippen LogP contribution in [0.1, 0.15) is 31.8 Å². The smallest absolute Gasteiger partial charge is 0.328 e. The van der Waals surface area contributed by atoms with Crippen molar-refractivity contribution < 1.29 is 50.5 Å². The van der Waals surface area contributed by atoms with Crippen molar-refractivity contribution in [3.8, 4) is 11.5 Å². The van der Waals surface area contributed by atoms with Crippen LogP contribution in [-0.4, -0.2) is 54.0 Å². The maximum Gasteiger partial charge on any atom is 0.328 e. The van der Waals surface area contributed by atoms with Gasteiger partial charge in [-0.05, 0) is 109 Å².